The molecule has 0 radical (unpaired) electrons. The second-order valence-electron chi connectivity index (χ2n) is 12.1. The van der Waals surface area contributed by atoms with Crippen LogP contribution >= 0.6 is 10.6 Å². The molecule has 4 heterocycles. The van der Waals surface area contributed by atoms with Crippen molar-refractivity contribution < 1.29 is 23.4 Å². The van der Waals surface area contributed by atoms with E-state index in [0.717, 1.165) is 23.9 Å². The highest BCUT2D eigenvalue weighted by molar-refractivity contribution is 8.25. The normalized spacial score (nSPS) is 19.2. The zero-order valence-electron chi connectivity index (χ0n) is 25.3. The molecule has 0 bridgehead atoms. The van der Waals surface area contributed by atoms with Gasteiger partial charge in [0.25, 0.3) is 0 Å². The van der Waals surface area contributed by atoms with Crippen molar-refractivity contribution in [3.63, 3.8) is 0 Å². The van der Waals surface area contributed by atoms with E-state index in [4.69, 9.17) is 14.6 Å². The van der Waals surface area contributed by atoms with E-state index in [0.29, 0.717) is 52.2 Å². The van der Waals surface area contributed by atoms with E-state index in [2.05, 4.69) is 21.4 Å². The number of anilines is 2. The van der Waals surface area contributed by atoms with Crippen LogP contribution < -0.4 is 10.1 Å². The molecule has 3 aromatic heterocycles. The van der Waals surface area contributed by atoms with Crippen LogP contribution in [0.15, 0.2) is 84.4 Å². The molecule has 1 unspecified atom stereocenters. The maximum Gasteiger partial charge on any atom is 0.419 e. The third kappa shape index (κ3) is 5.14. The summed E-state index contributed by atoms with van der Waals surface area (Å²) in [7, 11) is -3.34. The van der Waals surface area contributed by atoms with Gasteiger partial charge in [-0.3, -0.25) is 13.8 Å². The second-order valence-corrected chi connectivity index (χ2v) is 14.7. The van der Waals surface area contributed by atoms with Gasteiger partial charge in [-0.2, -0.15) is 21.0 Å². The molecule has 12 nitrogen and oxygen atoms in total. The third-order valence-electron chi connectivity index (χ3n) is 8.75. The SMILES string of the molecule is CC1(C)C(OC(=O)n2ccnc2)c2cc(Nc3nn([C@@H](CC#N)C4CC4)c4ccnc(OCc5ccccc5)c34)ccc2S1(O)O. The maximum absolute atomic E-state index is 12.9. The first-order valence-electron chi connectivity index (χ1n) is 15.0. The van der Waals surface area contributed by atoms with E-state index < -0.39 is 27.5 Å². The highest BCUT2D eigenvalue weighted by atomic mass is 32.3. The van der Waals surface area contributed by atoms with Crippen molar-refractivity contribution in [1.29, 1.82) is 5.26 Å². The number of hydrogen-bond acceptors (Lipinski definition) is 10. The molecule has 46 heavy (non-hydrogen) atoms. The van der Waals surface area contributed by atoms with Gasteiger partial charge in [-0.05, 0) is 62.4 Å². The molecule has 1 aliphatic carbocycles. The fourth-order valence-corrected chi connectivity index (χ4v) is 7.82. The number of carbonyl (C=O) groups is 1. The summed E-state index contributed by atoms with van der Waals surface area (Å²) in [4.78, 5) is 21.7. The van der Waals surface area contributed by atoms with Crippen molar-refractivity contribution in [1.82, 2.24) is 24.3 Å². The number of nitriles is 1. The molecule has 5 aromatic rings. The average Bonchev–Trinajstić information content (AvgIpc) is 3.56. The third-order valence-corrected chi connectivity index (χ3v) is 11.4. The van der Waals surface area contributed by atoms with Crippen LogP contribution in [0.5, 0.6) is 5.88 Å². The highest BCUT2D eigenvalue weighted by Crippen LogP contribution is 2.71. The number of nitrogens with zero attached hydrogens (tertiary/aromatic N) is 6. The molecule has 0 amide bonds. The van der Waals surface area contributed by atoms with E-state index in [1.54, 1.807) is 38.2 Å². The minimum Gasteiger partial charge on any atom is -0.472 e. The fraction of sp³-hybridized carbons (Fsp3) is 0.303. The number of benzene rings is 2. The van der Waals surface area contributed by atoms with Crippen molar-refractivity contribution >= 4 is 39.1 Å². The Kier molecular flexibility index (Phi) is 7.43. The second kappa shape index (κ2) is 11.5. The molecular weight excluding hydrogens is 606 g/mol. The zero-order valence-corrected chi connectivity index (χ0v) is 26.1. The summed E-state index contributed by atoms with van der Waals surface area (Å²) >= 11 is 0. The van der Waals surface area contributed by atoms with Crippen molar-refractivity contribution in [2.75, 3.05) is 5.32 Å². The van der Waals surface area contributed by atoms with Gasteiger partial charge >= 0.3 is 6.09 Å². The number of fused-ring (bicyclic) bond motifs is 2. The van der Waals surface area contributed by atoms with Crippen molar-refractivity contribution in [3.05, 3.63) is 90.6 Å². The van der Waals surface area contributed by atoms with Gasteiger partial charge < -0.3 is 14.8 Å². The fourth-order valence-electron chi connectivity index (χ4n) is 6.03. The molecule has 1 fully saturated rings. The largest absolute Gasteiger partial charge is 0.472 e. The van der Waals surface area contributed by atoms with Crippen LogP contribution in [0.3, 0.4) is 0 Å². The maximum atomic E-state index is 12.9. The van der Waals surface area contributed by atoms with Gasteiger partial charge in [-0.15, -0.1) is 0 Å². The van der Waals surface area contributed by atoms with Crippen molar-refractivity contribution in [2.45, 2.75) is 61.5 Å². The lowest BCUT2D eigenvalue weighted by Crippen LogP contribution is -2.33. The molecule has 0 spiro atoms. The Balaban J connectivity index is 1.28. The van der Waals surface area contributed by atoms with Gasteiger partial charge in [0, 0.05) is 29.8 Å². The molecule has 236 valence electrons. The van der Waals surface area contributed by atoms with Crippen molar-refractivity contribution in [2.24, 2.45) is 5.92 Å². The van der Waals surface area contributed by atoms with Gasteiger partial charge in [0.05, 0.1) is 33.7 Å². The Morgan fingerprint density at radius 3 is 2.70 bits per heavy atom. The van der Waals surface area contributed by atoms with Crippen molar-refractivity contribution in [3.8, 4) is 11.9 Å². The summed E-state index contributed by atoms with van der Waals surface area (Å²) in [5.41, 5.74) is 2.84. The standard InChI is InChI=1S/C33H33N7O5S/c1-33(2)29(45-32(41)39-17-16-35-20-39)24-18-23(10-11-27(24)46(33,42)43)37-30-28-26(40(38-30)25(12-14-34)22-8-9-22)13-15-36-31(28)44-19-21-6-4-3-5-7-21/h3-7,10-11,13,15-18,20,22,25,29,42-43H,8-9,12,19H2,1-2H3,(H,37,38)/t25-,29?/m0/s1. The number of pyridine rings is 1. The summed E-state index contributed by atoms with van der Waals surface area (Å²) in [6.07, 6.45) is 6.68. The zero-order chi connectivity index (χ0) is 32.1. The first kappa shape index (κ1) is 29.8. The Labute approximate surface area is 267 Å². The molecule has 2 aliphatic rings. The first-order chi connectivity index (χ1) is 22.2. The lowest BCUT2D eigenvalue weighted by molar-refractivity contribution is 0.0802. The molecule has 3 N–H and O–H groups in total. The molecule has 13 heteroatoms. The predicted octanol–water partition coefficient (Wildman–Crippen LogP) is 7.44. The molecule has 2 atom stereocenters. The number of rotatable bonds is 9. The molecule has 7 rings (SSSR count). The molecule has 2 aromatic carbocycles. The van der Waals surface area contributed by atoms with E-state index in [1.807, 2.05) is 41.1 Å². The van der Waals surface area contributed by atoms with Crippen LogP contribution in [0.2, 0.25) is 0 Å². The summed E-state index contributed by atoms with van der Waals surface area (Å²) in [6, 6.07) is 19.0. The summed E-state index contributed by atoms with van der Waals surface area (Å²) < 4.78 is 36.6. The lowest BCUT2D eigenvalue weighted by atomic mass is 9.98. The number of ether oxygens (including phenoxy) is 2. The summed E-state index contributed by atoms with van der Waals surface area (Å²) in [5, 5.41) is 18.7. The average molecular weight is 640 g/mol. The van der Waals surface area contributed by atoms with Crippen LogP contribution in [0.4, 0.5) is 16.3 Å². The molecule has 1 aliphatic heterocycles. The number of hydrogen-bond donors (Lipinski definition) is 3. The van der Waals surface area contributed by atoms with Crippen LogP contribution in [0.1, 0.15) is 56.4 Å². The van der Waals surface area contributed by atoms with E-state index in [9.17, 15) is 19.2 Å². The first-order valence-corrected chi connectivity index (χ1v) is 16.5. The highest BCUT2D eigenvalue weighted by Gasteiger charge is 2.54. The van der Waals surface area contributed by atoms with Crippen LogP contribution in [-0.2, 0) is 11.3 Å². The Morgan fingerprint density at radius 2 is 1.98 bits per heavy atom. The van der Waals surface area contributed by atoms with Gasteiger partial charge in [0.15, 0.2) is 11.9 Å². The molecule has 0 saturated heterocycles. The predicted molar refractivity (Wildman–Crippen MR) is 172 cm³/mol. The van der Waals surface area contributed by atoms with E-state index >= 15 is 0 Å². The van der Waals surface area contributed by atoms with Crippen LogP contribution in [0, 0.1) is 17.2 Å². The monoisotopic (exact) mass is 639 g/mol. The number of nitrogens with one attached hydrogen (secondary N) is 1. The minimum absolute atomic E-state index is 0.104. The number of imidazole rings is 1. The Bertz CT molecular complexity index is 1950. The molecule has 1 saturated carbocycles. The smallest absolute Gasteiger partial charge is 0.419 e. The topological polar surface area (TPSA) is 160 Å². The van der Waals surface area contributed by atoms with E-state index in [-0.39, 0.29) is 6.04 Å². The number of carbonyl (C=O) groups excluding carboxylic acids is 1. The minimum atomic E-state index is -3.34. The Hall–Kier alpha value is -4.90. The van der Waals surface area contributed by atoms with Gasteiger partial charge in [-0.1, -0.05) is 30.3 Å². The number of aromatic nitrogens is 5. The quantitative estimate of drug-likeness (QED) is 0.148. The lowest BCUT2D eigenvalue weighted by Gasteiger charge is -2.42. The Morgan fingerprint density at radius 1 is 1.17 bits per heavy atom. The van der Waals surface area contributed by atoms with Gasteiger partial charge in [-0.25, -0.2) is 19.3 Å². The van der Waals surface area contributed by atoms with Gasteiger partial charge in [0.1, 0.15) is 18.3 Å². The van der Waals surface area contributed by atoms with Crippen LogP contribution in [-0.4, -0.2) is 44.3 Å². The van der Waals surface area contributed by atoms with Crippen LogP contribution in [0.25, 0.3) is 10.9 Å². The molecular formula is C33H33N7O5S. The van der Waals surface area contributed by atoms with Gasteiger partial charge in [0.2, 0.25) is 5.88 Å². The summed E-state index contributed by atoms with van der Waals surface area (Å²) in [6.45, 7) is 3.65. The van der Waals surface area contributed by atoms with E-state index in [1.165, 1.54) is 23.3 Å². The summed E-state index contributed by atoms with van der Waals surface area (Å²) in [5.74, 6) is 1.23.